The first kappa shape index (κ1) is 10.9. The second-order valence-corrected chi connectivity index (χ2v) is 4.65. The lowest BCUT2D eigenvalue weighted by Gasteiger charge is -2.27. The number of amides is 1. The van der Waals surface area contributed by atoms with Gasteiger partial charge in [-0.2, -0.15) is 0 Å². The molecule has 0 radical (unpaired) electrons. The van der Waals surface area contributed by atoms with Gasteiger partial charge in [0.15, 0.2) is 0 Å². The van der Waals surface area contributed by atoms with Crippen molar-refractivity contribution in [1.82, 2.24) is 9.80 Å². The number of β-amino-alcohol motifs (C(OH)–C–C–N with tert-alkyl or cyclic N) is 1. The van der Waals surface area contributed by atoms with Crippen molar-refractivity contribution in [2.24, 2.45) is 0 Å². The third kappa shape index (κ3) is 2.32. The summed E-state index contributed by atoms with van der Waals surface area (Å²) in [6, 6.07) is -0.0553. The van der Waals surface area contributed by atoms with Crippen molar-refractivity contribution in [3.8, 4) is 0 Å². The normalized spacial score (nSPS) is 29.7. The van der Waals surface area contributed by atoms with Crippen molar-refractivity contribution in [3.63, 3.8) is 0 Å². The van der Waals surface area contributed by atoms with E-state index in [1.807, 2.05) is 11.8 Å². The average molecular weight is 212 g/mol. The summed E-state index contributed by atoms with van der Waals surface area (Å²) in [7, 11) is 0. The molecule has 2 aliphatic rings. The van der Waals surface area contributed by atoms with Gasteiger partial charge < -0.3 is 10.0 Å². The summed E-state index contributed by atoms with van der Waals surface area (Å²) in [6.45, 7) is 5.29. The summed E-state index contributed by atoms with van der Waals surface area (Å²) >= 11 is 0. The molecule has 2 aliphatic heterocycles. The SMILES string of the molecule is CC(C(=O)N1CCCC1)N1CC[C@@H](O)C1. The highest BCUT2D eigenvalue weighted by molar-refractivity contribution is 5.81. The molecule has 2 fully saturated rings. The lowest BCUT2D eigenvalue weighted by molar-refractivity contribution is -0.135. The number of aliphatic hydroxyl groups is 1. The van der Waals surface area contributed by atoms with Crippen molar-refractivity contribution < 1.29 is 9.90 Å². The molecule has 1 amide bonds. The average Bonchev–Trinajstić information content (AvgIpc) is 2.85. The summed E-state index contributed by atoms with van der Waals surface area (Å²) < 4.78 is 0. The van der Waals surface area contributed by atoms with Crippen LogP contribution in [0.2, 0.25) is 0 Å². The second-order valence-electron chi connectivity index (χ2n) is 4.65. The van der Waals surface area contributed by atoms with E-state index in [1.54, 1.807) is 0 Å². The molecule has 0 aromatic heterocycles. The Morgan fingerprint density at radius 3 is 2.53 bits per heavy atom. The van der Waals surface area contributed by atoms with Crippen LogP contribution in [0.25, 0.3) is 0 Å². The van der Waals surface area contributed by atoms with E-state index in [0.29, 0.717) is 6.54 Å². The van der Waals surface area contributed by atoms with Gasteiger partial charge in [0.1, 0.15) is 0 Å². The molecule has 0 spiro atoms. The molecule has 4 heteroatoms. The van der Waals surface area contributed by atoms with Crippen LogP contribution in [0.5, 0.6) is 0 Å². The molecule has 4 nitrogen and oxygen atoms in total. The van der Waals surface area contributed by atoms with E-state index < -0.39 is 0 Å². The smallest absolute Gasteiger partial charge is 0.239 e. The molecular weight excluding hydrogens is 192 g/mol. The molecule has 0 aromatic carbocycles. The van der Waals surface area contributed by atoms with E-state index in [4.69, 9.17) is 0 Å². The van der Waals surface area contributed by atoms with Gasteiger partial charge in [0, 0.05) is 26.2 Å². The maximum absolute atomic E-state index is 12.0. The highest BCUT2D eigenvalue weighted by atomic mass is 16.3. The lowest BCUT2D eigenvalue weighted by Crippen LogP contribution is -2.45. The Kier molecular flexibility index (Phi) is 3.26. The van der Waals surface area contributed by atoms with Crippen molar-refractivity contribution in [3.05, 3.63) is 0 Å². The largest absolute Gasteiger partial charge is 0.392 e. The number of hydrogen-bond acceptors (Lipinski definition) is 3. The number of rotatable bonds is 2. The highest BCUT2D eigenvalue weighted by Crippen LogP contribution is 2.16. The predicted octanol–water partition coefficient (Wildman–Crippen LogP) is 0.0639. The van der Waals surface area contributed by atoms with Crippen LogP contribution in [0.4, 0.5) is 0 Å². The summed E-state index contributed by atoms with van der Waals surface area (Å²) in [5, 5.41) is 9.43. The molecule has 1 N–H and O–H groups in total. The zero-order valence-corrected chi connectivity index (χ0v) is 9.35. The first-order chi connectivity index (χ1) is 7.18. The minimum Gasteiger partial charge on any atom is -0.392 e. The van der Waals surface area contributed by atoms with Crippen molar-refractivity contribution >= 4 is 5.91 Å². The fraction of sp³-hybridized carbons (Fsp3) is 0.909. The molecule has 2 heterocycles. The Balaban J connectivity index is 1.89. The third-order valence-electron chi connectivity index (χ3n) is 3.52. The van der Waals surface area contributed by atoms with Crippen molar-refractivity contribution in [2.75, 3.05) is 26.2 Å². The van der Waals surface area contributed by atoms with E-state index in [9.17, 15) is 9.90 Å². The van der Waals surface area contributed by atoms with Crippen molar-refractivity contribution in [2.45, 2.75) is 38.3 Å². The number of carbonyl (C=O) groups is 1. The molecule has 0 bridgehead atoms. The van der Waals surface area contributed by atoms with Crippen LogP contribution in [0.15, 0.2) is 0 Å². The van der Waals surface area contributed by atoms with Gasteiger partial charge in [-0.25, -0.2) is 0 Å². The number of aliphatic hydroxyl groups excluding tert-OH is 1. The standard InChI is InChI=1S/C11H20N2O2/c1-9(13-7-4-10(14)8-13)11(15)12-5-2-3-6-12/h9-10,14H,2-8H2,1H3/t9?,10-/m1/s1. The van der Waals surface area contributed by atoms with Crippen LogP contribution in [0, 0.1) is 0 Å². The molecule has 2 rings (SSSR count). The minimum absolute atomic E-state index is 0.0553. The van der Waals surface area contributed by atoms with Gasteiger partial charge >= 0.3 is 0 Å². The second kappa shape index (κ2) is 4.49. The van der Waals surface area contributed by atoms with E-state index in [-0.39, 0.29) is 18.1 Å². The Hall–Kier alpha value is -0.610. The van der Waals surface area contributed by atoms with Gasteiger partial charge in [-0.3, -0.25) is 9.69 Å². The van der Waals surface area contributed by atoms with Gasteiger partial charge in [0.2, 0.25) is 5.91 Å². The van der Waals surface area contributed by atoms with E-state index in [0.717, 1.165) is 38.9 Å². The number of carbonyl (C=O) groups excluding carboxylic acids is 1. The van der Waals surface area contributed by atoms with E-state index in [1.165, 1.54) is 0 Å². The number of nitrogens with zero attached hydrogens (tertiary/aromatic N) is 2. The zero-order valence-electron chi connectivity index (χ0n) is 9.35. The molecule has 0 aromatic rings. The number of hydrogen-bond donors (Lipinski definition) is 1. The highest BCUT2D eigenvalue weighted by Gasteiger charge is 2.31. The first-order valence-corrected chi connectivity index (χ1v) is 5.89. The predicted molar refractivity (Wildman–Crippen MR) is 57.5 cm³/mol. The maximum atomic E-state index is 12.0. The Labute approximate surface area is 90.9 Å². The van der Waals surface area contributed by atoms with Crippen molar-refractivity contribution in [1.29, 1.82) is 0 Å². The van der Waals surface area contributed by atoms with Gasteiger partial charge in [0.05, 0.1) is 12.1 Å². The molecule has 0 aliphatic carbocycles. The summed E-state index contributed by atoms with van der Waals surface area (Å²) in [6.07, 6.45) is 2.85. The Morgan fingerprint density at radius 2 is 2.00 bits per heavy atom. The van der Waals surface area contributed by atoms with Crippen LogP contribution >= 0.6 is 0 Å². The third-order valence-corrected chi connectivity index (χ3v) is 3.52. The molecular formula is C11H20N2O2. The van der Waals surface area contributed by atoms with E-state index in [2.05, 4.69) is 4.90 Å². The topological polar surface area (TPSA) is 43.8 Å². The first-order valence-electron chi connectivity index (χ1n) is 5.89. The van der Waals surface area contributed by atoms with Crippen LogP contribution < -0.4 is 0 Å². The van der Waals surface area contributed by atoms with Crippen LogP contribution in [-0.2, 0) is 4.79 Å². The fourth-order valence-corrected chi connectivity index (χ4v) is 2.48. The molecule has 0 saturated carbocycles. The fourth-order valence-electron chi connectivity index (χ4n) is 2.48. The van der Waals surface area contributed by atoms with Crippen LogP contribution in [0.3, 0.4) is 0 Å². The van der Waals surface area contributed by atoms with E-state index >= 15 is 0 Å². The summed E-state index contributed by atoms with van der Waals surface area (Å²) in [5.74, 6) is 0.238. The van der Waals surface area contributed by atoms with Gasteiger partial charge in [-0.05, 0) is 26.2 Å². The van der Waals surface area contributed by atoms with Crippen LogP contribution in [-0.4, -0.2) is 59.1 Å². The molecule has 2 saturated heterocycles. The molecule has 15 heavy (non-hydrogen) atoms. The summed E-state index contributed by atoms with van der Waals surface area (Å²) in [4.78, 5) is 16.1. The molecule has 2 atom stereocenters. The molecule has 1 unspecified atom stereocenters. The quantitative estimate of drug-likeness (QED) is 0.704. The maximum Gasteiger partial charge on any atom is 0.239 e. The Bertz CT molecular complexity index is 239. The van der Waals surface area contributed by atoms with Gasteiger partial charge in [-0.1, -0.05) is 0 Å². The molecule has 86 valence electrons. The van der Waals surface area contributed by atoms with Crippen LogP contribution in [0.1, 0.15) is 26.2 Å². The lowest BCUT2D eigenvalue weighted by atomic mass is 10.2. The Morgan fingerprint density at radius 1 is 1.33 bits per heavy atom. The number of likely N-dealkylation sites (tertiary alicyclic amines) is 2. The van der Waals surface area contributed by atoms with Gasteiger partial charge in [-0.15, -0.1) is 0 Å². The van der Waals surface area contributed by atoms with Gasteiger partial charge in [0.25, 0.3) is 0 Å². The monoisotopic (exact) mass is 212 g/mol. The zero-order chi connectivity index (χ0) is 10.8. The minimum atomic E-state index is -0.237. The summed E-state index contributed by atoms with van der Waals surface area (Å²) in [5.41, 5.74) is 0.